The van der Waals surface area contributed by atoms with Gasteiger partial charge in [-0.1, -0.05) is 17.7 Å². The Hall–Kier alpha value is -0.760. The molecule has 1 aliphatic rings. The van der Waals surface area contributed by atoms with Gasteiger partial charge in [-0.25, -0.2) is 13.8 Å². The van der Waals surface area contributed by atoms with Crippen LogP contribution in [0, 0.1) is 0 Å². The van der Waals surface area contributed by atoms with Crippen molar-refractivity contribution in [3.8, 4) is 0 Å². The standard InChI is InChI=1S/C18H16BrClF2N2S2/c19-14-15-17(26-16(14)10-3-5-18(21,22)6-4-10)12(8-13(20)24-15)23-9-11-2-1-7-25-11/h1-2,7-8,10H,3-6,9H2,(H,23,24). The number of anilines is 1. The molecule has 3 aromatic rings. The molecule has 1 N–H and O–H groups in total. The maximum Gasteiger partial charge on any atom is 0.248 e. The van der Waals surface area contributed by atoms with Crippen molar-refractivity contribution in [3.63, 3.8) is 0 Å². The summed E-state index contributed by atoms with van der Waals surface area (Å²) in [5.74, 6) is -2.37. The molecule has 4 rings (SSSR count). The lowest BCUT2D eigenvalue weighted by Crippen LogP contribution is -2.23. The molecule has 0 aliphatic heterocycles. The molecule has 3 heterocycles. The van der Waals surface area contributed by atoms with Gasteiger partial charge in [0.1, 0.15) is 5.15 Å². The summed E-state index contributed by atoms with van der Waals surface area (Å²) in [4.78, 5) is 6.80. The second-order valence-electron chi connectivity index (χ2n) is 6.51. The molecule has 0 bridgehead atoms. The Morgan fingerprint density at radius 2 is 2.12 bits per heavy atom. The zero-order valence-electron chi connectivity index (χ0n) is 13.7. The van der Waals surface area contributed by atoms with Gasteiger partial charge in [-0.3, -0.25) is 0 Å². The average molecular weight is 478 g/mol. The van der Waals surface area contributed by atoms with Crippen LogP contribution >= 0.6 is 50.2 Å². The Kier molecular flexibility index (Phi) is 5.25. The van der Waals surface area contributed by atoms with Crippen molar-refractivity contribution in [2.24, 2.45) is 0 Å². The summed E-state index contributed by atoms with van der Waals surface area (Å²) in [6, 6.07) is 5.93. The molecule has 0 atom stereocenters. The van der Waals surface area contributed by atoms with Gasteiger partial charge in [0, 0.05) is 35.2 Å². The first-order valence-electron chi connectivity index (χ1n) is 8.35. The van der Waals surface area contributed by atoms with Crippen LogP contribution in [0.4, 0.5) is 14.5 Å². The van der Waals surface area contributed by atoms with Crippen molar-refractivity contribution >= 4 is 66.1 Å². The number of nitrogens with one attached hydrogen (secondary N) is 1. The summed E-state index contributed by atoms with van der Waals surface area (Å²) in [6.07, 6.45) is 0.917. The van der Waals surface area contributed by atoms with Crippen LogP contribution in [0.1, 0.15) is 41.4 Å². The van der Waals surface area contributed by atoms with Gasteiger partial charge in [-0.15, -0.1) is 22.7 Å². The molecule has 0 saturated heterocycles. The van der Waals surface area contributed by atoms with Crippen LogP contribution in [0.25, 0.3) is 10.2 Å². The highest BCUT2D eigenvalue weighted by atomic mass is 79.9. The third-order valence-corrected chi connectivity index (χ3v) is 8.21. The van der Waals surface area contributed by atoms with Crippen molar-refractivity contribution in [1.29, 1.82) is 0 Å². The molecule has 1 fully saturated rings. The SMILES string of the molecule is FC1(F)CCC(c2sc3c(NCc4cccs4)cc(Cl)nc3c2Br)CC1. The van der Waals surface area contributed by atoms with Crippen LogP contribution in [-0.4, -0.2) is 10.9 Å². The first kappa shape index (κ1) is 18.6. The number of alkyl halides is 2. The van der Waals surface area contributed by atoms with E-state index in [0.717, 1.165) is 25.3 Å². The summed E-state index contributed by atoms with van der Waals surface area (Å²) in [7, 11) is 0. The third-order valence-electron chi connectivity index (χ3n) is 4.70. The quantitative estimate of drug-likeness (QED) is 0.390. The summed E-state index contributed by atoms with van der Waals surface area (Å²) < 4.78 is 28.9. The summed E-state index contributed by atoms with van der Waals surface area (Å²) in [6.45, 7) is 0.716. The van der Waals surface area contributed by atoms with Crippen molar-refractivity contribution < 1.29 is 8.78 Å². The minimum absolute atomic E-state index is 0.0456. The largest absolute Gasteiger partial charge is 0.379 e. The first-order valence-corrected chi connectivity index (χ1v) is 11.2. The molecule has 1 aliphatic carbocycles. The predicted molar refractivity (Wildman–Crippen MR) is 110 cm³/mol. The Morgan fingerprint density at radius 3 is 2.81 bits per heavy atom. The molecule has 3 aromatic heterocycles. The average Bonchev–Trinajstić information content (AvgIpc) is 3.22. The van der Waals surface area contributed by atoms with E-state index < -0.39 is 5.92 Å². The van der Waals surface area contributed by atoms with E-state index in [9.17, 15) is 8.78 Å². The van der Waals surface area contributed by atoms with E-state index >= 15 is 0 Å². The minimum Gasteiger partial charge on any atom is -0.379 e. The van der Waals surface area contributed by atoms with Gasteiger partial charge in [-0.05, 0) is 46.1 Å². The zero-order valence-corrected chi connectivity index (χ0v) is 17.7. The summed E-state index contributed by atoms with van der Waals surface area (Å²) >= 11 is 13.2. The van der Waals surface area contributed by atoms with E-state index in [0.29, 0.717) is 24.5 Å². The highest BCUT2D eigenvalue weighted by Crippen LogP contribution is 2.49. The van der Waals surface area contributed by atoms with Gasteiger partial charge in [0.05, 0.1) is 20.4 Å². The molecule has 0 aromatic carbocycles. The molecule has 0 amide bonds. The number of rotatable bonds is 4. The lowest BCUT2D eigenvalue weighted by molar-refractivity contribution is -0.0380. The molecule has 2 nitrogen and oxygen atoms in total. The maximum absolute atomic E-state index is 13.5. The van der Waals surface area contributed by atoms with Gasteiger partial charge in [0.2, 0.25) is 5.92 Å². The smallest absolute Gasteiger partial charge is 0.248 e. The zero-order chi connectivity index (χ0) is 18.3. The van der Waals surface area contributed by atoms with Crippen LogP contribution in [0.15, 0.2) is 28.1 Å². The number of fused-ring (bicyclic) bond motifs is 1. The van der Waals surface area contributed by atoms with Gasteiger partial charge >= 0.3 is 0 Å². The molecule has 0 unspecified atom stereocenters. The lowest BCUT2D eigenvalue weighted by Gasteiger charge is -2.27. The molecule has 0 spiro atoms. The van der Waals surface area contributed by atoms with Crippen LogP contribution in [-0.2, 0) is 6.54 Å². The number of hydrogen-bond acceptors (Lipinski definition) is 4. The van der Waals surface area contributed by atoms with Gasteiger partial charge in [-0.2, -0.15) is 0 Å². The molecule has 0 radical (unpaired) electrons. The molecular formula is C18H16BrClF2N2S2. The Bertz CT molecular complexity index is 917. The van der Waals surface area contributed by atoms with Gasteiger partial charge in [0.15, 0.2) is 0 Å². The lowest BCUT2D eigenvalue weighted by atomic mass is 9.86. The number of pyridine rings is 1. The van der Waals surface area contributed by atoms with Crippen molar-refractivity contribution in [3.05, 3.63) is 43.0 Å². The van der Waals surface area contributed by atoms with Crippen molar-refractivity contribution in [2.45, 2.75) is 44.1 Å². The van der Waals surface area contributed by atoms with E-state index in [2.05, 4.69) is 32.3 Å². The van der Waals surface area contributed by atoms with E-state index in [1.807, 2.05) is 17.5 Å². The highest BCUT2D eigenvalue weighted by Gasteiger charge is 2.37. The minimum atomic E-state index is -2.52. The molecule has 138 valence electrons. The monoisotopic (exact) mass is 476 g/mol. The van der Waals surface area contributed by atoms with E-state index in [1.165, 1.54) is 4.88 Å². The second-order valence-corrected chi connectivity index (χ2v) is 9.78. The second kappa shape index (κ2) is 7.34. The number of hydrogen-bond donors (Lipinski definition) is 1. The molecule has 1 saturated carbocycles. The van der Waals surface area contributed by atoms with Crippen LogP contribution in [0.2, 0.25) is 5.15 Å². The third kappa shape index (κ3) is 3.77. The highest BCUT2D eigenvalue weighted by molar-refractivity contribution is 9.10. The number of aromatic nitrogens is 1. The fraction of sp³-hybridized carbons (Fsp3) is 0.389. The van der Waals surface area contributed by atoms with Crippen LogP contribution < -0.4 is 5.32 Å². The first-order chi connectivity index (χ1) is 12.4. The number of nitrogens with zero attached hydrogens (tertiary/aromatic N) is 1. The Balaban J connectivity index is 1.66. The normalized spacial score (nSPS) is 17.7. The van der Waals surface area contributed by atoms with Gasteiger partial charge < -0.3 is 5.32 Å². The van der Waals surface area contributed by atoms with E-state index in [1.54, 1.807) is 22.7 Å². The maximum atomic E-state index is 13.5. The topological polar surface area (TPSA) is 24.9 Å². The fourth-order valence-corrected chi connectivity index (χ4v) is 6.43. The number of halogens is 4. The van der Waals surface area contributed by atoms with Gasteiger partial charge in [0.25, 0.3) is 0 Å². The predicted octanol–water partition coefficient (Wildman–Crippen LogP) is 7.68. The molecule has 8 heteroatoms. The summed E-state index contributed by atoms with van der Waals surface area (Å²) in [5.41, 5.74) is 1.75. The fourth-order valence-electron chi connectivity index (χ4n) is 3.32. The van der Waals surface area contributed by atoms with E-state index in [-0.39, 0.29) is 18.8 Å². The molecular weight excluding hydrogens is 462 g/mol. The number of thiophene rings is 2. The summed E-state index contributed by atoms with van der Waals surface area (Å²) in [5, 5.41) is 5.91. The Labute approximate surface area is 171 Å². The van der Waals surface area contributed by atoms with Crippen molar-refractivity contribution in [1.82, 2.24) is 4.98 Å². The Morgan fingerprint density at radius 1 is 1.35 bits per heavy atom. The van der Waals surface area contributed by atoms with E-state index in [4.69, 9.17) is 11.6 Å². The molecule has 26 heavy (non-hydrogen) atoms. The van der Waals surface area contributed by atoms with Crippen LogP contribution in [0.5, 0.6) is 0 Å². The van der Waals surface area contributed by atoms with Crippen molar-refractivity contribution in [2.75, 3.05) is 5.32 Å². The van der Waals surface area contributed by atoms with Crippen LogP contribution in [0.3, 0.4) is 0 Å².